The van der Waals surface area contributed by atoms with Crippen molar-refractivity contribution in [3.63, 3.8) is 0 Å². The van der Waals surface area contributed by atoms with Crippen LogP contribution in [0, 0.1) is 0 Å². The Labute approximate surface area is 173 Å². The molecule has 0 fully saturated rings. The zero-order chi connectivity index (χ0) is 20.6. The highest BCUT2D eigenvalue weighted by Gasteiger charge is 2.30. The maximum atomic E-state index is 12.7. The lowest BCUT2D eigenvalue weighted by Crippen LogP contribution is -2.40. The molecule has 0 aliphatic carbocycles. The summed E-state index contributed by atoms with van der Waals surface area (Å²) in [6.45, 7) is 6.31. The quantitative estimate of drug-likeness (QED) is 0.780. The van der Waals surface area contributed by atoms with Crippen LogP contribution in [-0.4, -0.2) is 38.8 Å². The number of carbonyl (C=O) groups excluding carboxylic acids is 2. The maximum Gasteiger partial charge on any atom is 0.410 e. The van der Waals surface area contributed by atoms with Gasteiger partial charge in [0.05, 0.1) is 22.3 Å². The largest absolute Gasteiger partial charge is 0.444 e. The number of rotatable bonds is 2. The summed E-state index contributed by atoms with van der Waals surface area (Å²) in [7, 11) is 1.75. The summed E-state index contributed by atoms with van der Waals surface area (Å²) in [5, 5.41) is 8.03. The number of hydrogen-bond acceptors (Lipinski definition) is 4. The van der Waals surface area contributed by atoms with Crippen LogP contribution in [-0.2, 0) is 24.8 Å². The first-order chi connectivity index (χ1) is 13.0. The first-order valence-corrected chi connectivity index (χ1v) is 9.60. The third-order valence-corrected chi connectivity index (χ3v) is 5.00. The molecule has 150 valence electrons. The van der Waals surface area contributed by atoms with Gasteiger partial charge in [0.25, 0.3) is 5.91 Å². The standard InChI is InChI=1S/C19H22Cl2N4O3/c1-19(2,3)28-18(27)25-8-7-15-12(10-25)16(24(4)23-15)22-17(26)11-5-6-13(20)14(21)9-11/h5-6,9H,7-8,10H2,1-4H3,(H,22,26). The zero-order valence-electron chi connectivity index (χ0n) is 16.2. The van der Waals surface area contributed by atoms with Crippen LogP contribution in [0.25, 0.3) is 0 Å². The van der Waals surface area contributed by atoms with Crippen molar-refractivity contribution in [3.05, 3.63) is 45.1 Å². The normalized spacial score (nSPS) is 13.9. The molecule has 2 amide bonds. The summed E-state index contributed by atoms with van der Waals surface area (Å²) in [5.74, 6) is 0.207. The first kappa shape index (κ1) is 20.5. The molecule has 0 bridgehead atoms. The number of aryl methyl sites for hydroxylation is 1. The van der Waals surface area contributed by atoms with E-state index in [2.05, 4.69) is 10.4 Å². The van der Waals surface area contributed by atoms with Gasteiger partial charge in [-0.1, -0.05) is 23.2 Å². The highest BCUT2D eigenvalue weighted by molar-refractivity contribution is 6.42. The number of benzene rings is 1. The second kappa shape index (κ2) is 7.64. The van der Waals surface area contributed by atoms with Crippen LogP contribution in [0.3, 0.4) is 0 Å². The Bertz CT molecular complexity index is 934. The molecule has 7 nitrogen and oxygen atoms in total. The number of carbonyl (C=O) groups is 2. The summed E-state index contributed by atoms with van der Waals surface area (Å²) < 4.78 is 7.07. The minimum Gasteiger partial charge on any atom is -0.444 e. The fourth-order valence-corrected chi connectivity index (χ4v) is 3.26. The Balaban J connectivity index is 1.81. The zero-order valence-corrected chi connectivity index (χ0v) is 17.7. The number of hydrogen-bond donors (Lipinski definition) is 1. The van der Waals surface area contributed by atoms with Crippen LogP contribution < -0.4 is 5.32 Å². The molecule has 1 aliphatic rings. The average molecular weight is 425 g/mol. The van der Waals surface area contributed by atoms with Crippen LogP contribution in [0.4, 0.5) is 10.6 Å². The maximum absolute atomic E-state index is 12.7. The summed E-state index contributed by atoms with van der Waals surface area (Å²) in [4.78, 5) is 26.7. The van der Waals surface area contributed by atoms with E-state index in [9.17, 15) is 9.59 Å². The van der Waals surface area contributed by atoms with Gasteiger partial charge in [-0.05, 0) is 39.0 Å². The van der Waals surface area contributed by atoms with Crippen molar-refractivity contribution in [1.82, 2.24) is 14.7 Å². The number of anilines is 1. The summed E-state index contributed by atoms with van der Waals surface area (Å²) in [6.07, 6.45) is 0.203. The molecule has 0 saturated heterocycles. The summed E-state index contributed by atoms with van der Waals surface area (Å²) in [5.41, 5.74) is 1.46. The van der Waals surface area contributed by atoms with Crippen molar-refractivity contribution < 1.29 is 14.3 Å². The summed E-state index contributed by atoms with van der Waals surface area (Å²) >= 11 is 11.9. The van der Waals surface area contributed by atoms with Crippen molar-refractivity contribution in [1.29, 1.82) is 0 Å². The van der Waals surface area contributed by atoms with Crippen molar-refractivity contribution >= 4 is 41.0 Å². The molecule has 2 heterocycles. The van der Waals surface area contributed by atoms with E-state index < -0.39 is 5.60 Å². The predicted octanol–water partition coefficient (Wildman–Crippen LogP) is 4.27. The number of halogens is 2. The summed E-state index contributed by atoms with van der Waals surface area (Å²) in [6, 6.07) is 4.68. The van der Waals surface area contributed by atoms with E-state index >= 15 is 0 Å². The molecular weight excluding hydrogens is 403 g/mol. The van der Waals surface area contributed by atoms with E-state index in [1.807, 2.05) is 20.8 Å². The molecule has 0 atom stereocenters. The Kier molecular flexibility index (Phi) is 5.59. The van der Waals surface area contributed by atoms with Gasteiger partial charge in [0.2, 0.25) is 0 Å². The number of amides is 2. The van der Waals surface area contributed by atoms with Gasteiger partial charge in [0, 0.05) is 31.1 Å². The van der Waals surface area contributed by atoms with Crippen LogP contribution in [0.2, 0.25) is 10.0 Å². The van der Waals surface area contributed by atoms with E-state index in [0.29, 0.717) is 40.9 Å². The van der Waals surface area contributed by atoms with E-state index in [4.69, 9.17) is 27.9 Å². The number of aromatic nitrogens is 2. The average Bonchev–Trinajstić information content (AvgIpc) is 2.90. The van der Waals surface area contributed by atoms with E-state index in [0.717, 1.165) is 11.3 Å². The van der Waals surface area contributed by atoms with Crippen LogP contribution >= 0.6 is 23.2 Å². The molecular formula is C19H22Cl2N4O3. The molecule has 1 N–H and O–H groups in total. The first-order valence-electron chi connectivity index (χ1n) is 8.84. The van der Waals surface area contributed by atoms with Gasteiger partial charge in [-0.25, -0.2) is 4.79 Å². The molecule has 0 unspecified atom stereocenters. The SMILES string of the molecule is Cn1nc2c(c1NC(=O)c1ccc(Cl)c(Cl)c1)CN(C(=O)OC(C)(C)C)CC2. The minimum atomic E-state index is -0.572. The van der Waals surface area contributed by atoms with Crippen LogP contribution in [0.5, 0.6) is 0 Å². The van der Waals surface area contributed by atoms with Gasteiger partial charge in [0.15, 0.2) is 0 Å². The molecule has 0 radical (unpaired) electrons. The van der Waals surface area contributed by atoms with Gasteiger partial charge in [-0.2, -0.15) is 5.10 Å². The smallest absolute Gasteiger partial charge is 0.410 e. The molecule has 0 spiro atoms. The van der Waals surface area contributed by atoms with E-state index in [-0.39, 0.29) is 12.0 Å². The molecule has 9 heteroatoms. The number of ether oxygens (including phenoxy) is 1. The van der Waals surface area contributed by atoms with Crippen LogP contribution in [0.1, 0.15) is 42.4 Å². The Hall–Kier alpha value is -2.25. The van der Waals surface area contributed by atoms with Gasteiger partial charge < -0.3 is 15.0 Å². The van der Waals surface area contributed by atoms with Crippen molar-refractivity contribution in [2.24, 2.45) is 7.05 Å². The Morgan fingerprint density at radius 3 is 2.57 bits per heavy atom. The van der Waals surface area contributed by atoms with E-state index in [1.54, 1.807) is 28.8 Å². The third-order valence-electron chi connectivity index (χ3n) is 4.26. The van der Waals surface area contributed by atoms with Gasteiger partial charge in [-0.15, -0.1) is 0 Å². The minimum absolute atomic E-state index is 0.303. The molecule has 3 rings (SSSR count). The predicted molar refractivity (Wildman–Crippen MR) is 108 cm³/mol. The van der Waals surface area contributed by atoms with Crippen molar-refractivity contribution in [2.45, 2.75) is 39.3 Å². The number of nitrogens with zero attached hydrogens (tertiary/aromatic N) is 3. The Morgan fingerprint density at radius 1 is 1.21 bits per heavy atom. The number of nitrogens with one attached hydrogen (secondary N) is 1. The molecule has 0 saturated carbocycles. The molecule has 1 aromatic carbocycles. The highest BCUT2D eigenvalue weighted by Crippen LogP contribution is 2.28. The number of fused-ring (bicyclic) bond motifs is 1. The van der Waals surface area contributed by atoms with Crippen molar-refractivity contribution in [2.75, 3.05) is 11.9 Å². The fraction of sp³-hybridized carbons (Fsp3) is 0.421. The lowest BCUT2D eigenvalue weighted by atomic mass is 10.1. The van der Waals surface area contributed by atoms with Gasteiger partial charge in [0.1, 0.15) is 11.4 Å². The highest BCUT2D eigenvalue weighted by atomic mass is 35.5. The van der Waals surface area contributed by atoms with Crippen LogP contribution in [0.15, 0.2) is 18.2 Å². The lowest BCUT2D eigenvalue weighted by Gasteiger charge is -2.29. The van der Waals surface area contributed by atoms with Gasteiger partial charge in [-0.3, -0.25) is 9.48 Å². The second-order valence-electron chi connectivity index (χ2n) is 7.63. The Morgan fingerprint density at radius 2 is 1.93 bits per heavy atom. The molecule has 2 aromatic rings. The van der Waals surface area contributed by atoms with E-state index in [1.165, 1.54) is 6.07 Å². The monoisotopic (exact) mass is 424 g/mol. The molecule has 28 heavy (non-hydrogen) atoms. The second-order valence-corrected chi connectivity index (χ2v) is 8.45. The third kappa shape index (κ3) is 4.42. The molecule has 1 aromatic heterocycles. The molecule has 1 aliphatic heterocycles. The topological polar surface area (TPSA) is 76.5 Å². The van der Waals surface area contributed by atoms with Crippen molar-refractivity contribution in [3.8, 4) is 0 Å². The lowest BCUT2D eigenvalue weighted by molar-refractivity contribution is 0.0224. The van der Waals surface area contributed by atoms with Gasteiger partial charge >= 0.3 is 6.09 Å². The fourth-order valence-electron chi connectivity index (χ4n) is 2.96.